The second kappa shape index (κ2) is 10.2. The summed E-state index contributed by atoms with van der Waals surface area (Å²) in [6.07, 6.45) is 3.07. The number of likely N-dealkylation sites (tertiary alicyclic amines) is 1. The van der Waals surface area contributed by atoms with Gasteiger partial charge >= 0.3 is 0 Å². The zero-order chi connectivity index (χ0) is 21.6. The van der Waals surface area contributed by atoms with E-state index >= 15 is 0 Å². The normalized spacial score (nSPS) is 18.6. The van der Waals surface area contributed by atoms with Crippen molar-refractivity contribution in [3.05, 3.63) is 23.3 Å². The molecule has 1 saturated heterocycles. The predicted octanol–water partition coefficient (Wildman–Crippen LogP) is 3.28. The van der Waals surface area contributed by atoms with Crippen LogP contribution >= 0.6 is 0 Å². The minimum absolute atomic E-state index is 0.313. The molecule has 0 spiro atoms. The van der Waals surface area contributed by atoms with E-state index in [1.807, 2.05) is 19.1 Å². The van der Waals surface area contributed by atoms with Gasteiger partial charge in [0, 0.05) is 35.7 Å². The number of rotatable bonds is 10. The first-order valence-electron chi connectivity index (χ1n) is 11.1. The van der Waals surface area contributed by atoms with Crippen molar-refractivity contribution < 1.29 is 23.7 Å². The average Bonchev–Trinajstić information content (AvgIpc) is 3.30. The summed E-state index contributed by atoms with van der Waals surface area (Å²) < 4.78 is 22.7. The van der Waals surface area contributed by atoms with Crippen LogP contribution in [0.5, 0.6) is 11.5 Å². The van der Waals surface area contributed by atoms with E-state index in [4.69, 9.17) is 23.9 Å². The molecule has 8 heteroatoms. The number of carbonyl (C=O) groups excluding carboxylic acids is 1. The lowest BCUT2D eigenvalue weighted by molar-refractivity contribution is -0.138. The topological polar surface area (TPSA) is 82.2 Å². The maximum absolute atomic E-state index is 11.1. The van der Waals surface area contributed by atoms with E-state index in [1.165, 1.54) is 25.9 Å². The summed E-state index contributed by atoms with van der Waals surface area (Å²) in [6, 6.07) is 3.84. The Morgan fingerprint density at radius 3 is 2.87 bits per heavy atom. The monoisotopic (exact) mass is 429 g/mol. The van der Waals surface area contributed by atoms with Gasteiger partial charge in [-0.05, 0) is 45.3 Å². The molecule has 2 aliphatic rings. The average molecular weight is 430 g/mol. The summed E-state index contributed by atoms with van der Waals surface area (Å²) in [6.45, 7) is 7.99. The third-order valence-electron chi connectivity index (χ3n) is 5.89. The van der Waals surface area contributed by atoms with E-state index in [9.17, 15) is 4.79 Å². The van der Waals surface area contributed by atoms with Crippen LogP contribution in [0.25, 0.3) is 10.9 Å². The van der Waals surface area contributed by atoms with Crippen LogP contribution in [0.3, 0.4) is 0 Å². The van der Waals surface area contributed by atoms with Crippen molar-refractivity contribution in [1.29, 1.82) is 0 Å². The van der Waals surface area contributed by atoms with Crippen LogP contribution in [-0.2, 0) is 20.9 Å². The maximum Gasteiger partial charge on any atom is 0.293 e. The Labute approximate surface area is 182 Å². The van der Waals surface area contributed by atoms with E-state index in [0.29, 0.717) is 37.8 Å². The molecule has 1 aromatic heterocycles. The number of methoxy groups -OCH3 is 1. The third-order valence-corrected chi connectivity index (χ3v) is 5.89. The summed E-state index contributed by atoms with van der Waals surface area (Å²) in [7, 11) is 1.63. The molecule has 1 N–H and O–H groups in total. The second-order valence-electron chi connectivity index (χ2n) is 7.89. The first kappa shape index (κ1) is 21.6. The molecular formula is C23H31N3O5. The lowest BCUT2D eigenvalue weighted by Gasteiger charge is -2.28. The number of fused-ring (bicyclic) bond motifs is 3. The molecule has 1 fully saturated rings. The molecule has 3 heterocycles. The highest BCUT2D eigenvalue weighted by Crippen LogP contribution is 2.41. The number of nitrogens with zero attached hydrogens (tertiary/aromatic N) is 2. The van der Waals surface area contributed by atoms with Crippen LogP contribution in [-0.4, -0.2) is 62.9 Å². The molecule has 0 amide bonds. The molecule has 0 bridgehead atoms. The molecule has 1 atom stereocenters. The van der Waals surface area contributed by atoms with Crippen LogP contribution in [0.15, 0.2) is 12.1 Å². The zero-order valence-corrected chi connectivity index (χ0v) is 18.3. The van der Waals surface area contributed by atoms with Gasteiger partial charge in [0.25, 0.3) is 6.47 Å². The number of pyridine rings is 1. The van der Waals surface area contributed by atoms with Crippen LogP contribution in [0, 0.1) is 0 Å². The largest absolute Gasteiger partial charge is 0.493 e. The fraction of sp³-hybridized carbons (Fsp3) is 0.565. The summed E-state index contributed by atoms with van der Waals surface area (Å²) in [5, 5.41) is 4.19. The van der Waals surface area contributed by atoms with Gasteiger partial charge in [-0.15, -0.1) is 0 Å². The molecule has 1 unspecified atom stereocenters. The molecule has 0 aliphatic carbocycles. The summed E-state index contributed by atoms with van der Waals surface area (Å²) in [4.78, 5) is 18.4. The van der Waals surface area contributed by atoms with Crippen LogP contribution < -0.4 is 14.8 Å². The lowest BCUT2D eigenvalue weighted by atomic mass is 9.96. The number of nitrogens with one attached hydrogen (secondary N) is 1. The highest BCUT2D eigenvalue weighted by Gasteiger charge is 2.29. The molecule has 0 saturated carbocycles. The van der Waals surface area contributed by atoms with Gasteiger partial charge in [-0.3, -0.25) is 4.79 Å². The number of anilines is 1. The molecule has 4 rings (SSSR count). The van der Waals surface area contributed by atoms with Gasteiger partial charge in [0.1, 0.15) is 5.82 Å². The van der Waals surface area contributed by atoms with E-state index in [2.05, 4.69) is 10.2 Å². The minimum atomic E-state index is -0.485. The van der Waals surface area contributed by atoms with Gasteiger partial charge in [0.15, 0.2) is 17.6 Å². The Balaban J connectivity index is 1.65. The zero-order valence-electron chi connectivity index (χ0n) is 18.3. The Bertz CT molecular complexity index is 914. The molecule has 8 nitrogen and oxygen atoms in total. The fourth-order valence-electron chi connectivity index (χ4n) is 4.44. The molecule has 0 radical (unpaired) electrons. The minimum Gasteiger partial charge on any atom is -0.493 e. The molecular weight excluding hydrogens is 398 g/mol. The predicted molar refractivity (Wildman–Crippen MR) is 118 cm³/mol. The van der Waals surface area contributed by atoms with Gasteiger partial charge in [-0.2, -0.15) is 0 Å². The van der Waals surface area contributed by atoms with Crippen molar-refractivity contribution in [2.45, 2.75) is 38.9 Å². The number of aromatic nitrogens is 1. The number of hydrogen-bond donors (Lipinski definition) is 1. The Morgan fingerprint density at radius 1 is 1.29 bits per heavy atom. The fourth-order valence-corrected chi connectivity index (χ4v) is 4.44. The van der Waals surface area contributed by atoms with Crippen molar-refractivity contribution in [1.82, 2.24) is 9.88 Å². The molecule has 31 heavy (non-hydrogen) atoms. The summed E-state index contributed by atoms with van der Waals surface area (Å²) >= 11 is 0. The summed E-state index contributed by atoms with van der Waals surface area (Å²) in [5.41, 5.74) is 2.60. The lowest BCUT2D eigenvalue weighted by Crippen LogP contribution is -2.22. The Hall–Kier alpha value is -2.58. The molecule has 168 valence electrons. The molecule has 2 aliphatic heterocycles. The molecule has 1 aromatic carbocycles. The number of ether oxygens (including phenoxy) is 4. The SMILES string of the molecule is CCNc1nc2cc(OCCCN3CCCC3)c(OC)cc2c2c1COCC2OC=O. The van der Waals surface area contributed by atoms with Crippen molar-refractivity contribution in [2.24, 2.45) is 0 Å². The Kier molecular flexibility index (Phi) is 7.09. The van der Waals surface area contributed by atoms with Gasteiger partial charge in [-0.25, -0.2) is 4.98 Å². The van der Waals surface area contributed by atoms with Crippen molar-refractivity contribution in [3.8, 4) is 11.5 Å². The van der Waals surface area contributed by atoms with Gasteiger partial charge < -0.3 is 29.2 Å². The quantitative estimate of drug-likeness (QED) is 0.455. The number of carbonyl (C=O) groups is 1. The first-order valence-corrected chi connectivity index (χ1v) is 11.1. The number of hydrogen-bond acceptors (Lipinski definition) is 8. The highest BCUT2D eigenvalue weighted by atomic mass is 16.6. The Morgan fingerprint density at radius 2 is 2.13 bits per heavy atom. The van der Waals surface area contributed by atoms with E-state index in [1.54, 1.807) is 7.11 Å². The highest BCUT2D eigenvalue weighted by molar-refractivity contribution is 5.89. The maximum atomic E-state index is 11.1. The van der Waals surface area contributed by atoms with Gasteiger partial charge in [-0.1, -0.05) is 0 Å². The smallest absolute Gasteiger partial charge is 0.293 e. The van der Waals surface area contributed by atoms with E-state index in [-0.39, 0.29) is 0 Å². The standard InChI is InChI=1S/C23H31N3O5/c1-3-24-23-17-13-29-14-21(31-15-27)22(17)16-11-19(28-2)20(12-18(16)25-23)30-10-6-9-26-7-4-5-8-26/h11-12,15,21H,3-10,13-14H2,1-2H3,(H,24,25). The second-order valence-corrected chi connectivity index (χ2v) is 7.89. The number of benzene rings is 1. The molecule has 2 aromatic rings. The van der Waals surface area contributed by atoms with Crippen LogP contribution in [0.1, 0.15) is 43.4 Å². The van der Waals surface area contributed by atoms with Gasteiger partial charge in [0.05, 0.1) is 32.4 Å². The van der Waals surface area contributed by atoms with E-state index in [0.717, 1.165) is 47.4 Å². The van der Waals surface area contributed by atoms with Crippen LogP contribution in [0.2, 0.25) is 0 Å². The third kappa shape index (κ3) is 4.70. The first-order chi connectivity index (χ1) is 15.2. The summed E-state index contributed by atoms with van der Waals surface area (Å²) in [5.74, 6) is 2.06. The van der Waals surface area contributed by atoms with E-state index < -0.39 is 6.10 Å². The van der Waals surface area contributed by atoms with Crippen molar-refractivity contribution in [3.63, 3.8) is 0 Å². The van der Waals surface area contributed by atoms with Crippen molar-refractivity contribution in [2.75, 3.05) is 51.8 Å². The van der Waals surface area contributed by atoms with Crippen molar-refractivity contribution >= 4 is 23.2 Å². The van der Waals surface area contributed by atoms with Gasteiger partial charge in [0.2, 0.25) is 0 Å². The van der Waals surface area contributed by atoms with Crippen LogP contribution in [0.4, 0.5) is 5.82 Å².